The summed E-state index contributed by atoms with van der Waals surface area (Å²) in [4.78, 5) is 12.1. The number of hydrogen-bond acceptors (Lipinski definition) is 15. The fraction of sp³-hybridized carbons (Fsp3) is 0. The molecule has 6 aromatic carbocycles. The maximum absolute atomic E-state index is 12.4. The molecular weight excluding hydrogens is 1010 g/mol. The third-order valence-corrected chi connectivity index (χ3v) is 14.7. The highest BCUT2D eigenvalue weighted by molar-refractivity contribution is 7.93. The Morgan fingerprint density at radius 2 is 0.507 bits per heavy atom. The molecule has 21 heteroatoms. The van der Waals surface area contributed by atoms with Crippen LogP contribution in [0.3, 0.4) is 0 Å². The molecule has 0 unspecified atom stereocenters. The van der Waals surface area contributed by atoms with Gasteiger partial charge in [-0.15, -0.1) is 0 Å². The number of aromatic nitrogens is 3. The van der Waals surface area contributed by atoms with Crippen molar-refractivity contribution in [3.8, 4) is 51.6 Å². The summed E-state index contributed by atoms with van der Waals surface area (Å²) in [6.07, 6.45) is 0. The van der Waals surface area contributed by atoms with Crippen molar-refractivity contribution in [1.82, 2.24) is 15.0 Å². The largest absolute Gasteiger partial charge is 0.384 e. The van der Waals surface area contributed by atoms with E-state index in [-0.39, 0.29) is 49.6 Å². The number of nitrogens with two attached hydrogens (primary N) is 3. The molecule has 18 nitrogen and oxygen atoms in total. The van der Waals surface area contributed by atoms with Crippen LogP contribution in [0.1, 0.15) is 16.7 Å². The van der Waals surface area contributed by atoms with E-state index in [4.69, 9.17) is 33.0 Å². The first kappa shape index (κ1) is 52.7. The van der Waals surface area contributed by atoms with Gasteiger partial charge in [-0.2, -0.15) is 15.8 Å². The zero-order valence-corrected chi connectivity index (χ0v) is 41.6. The van der Waals surface area contributed by atoms with E-state index in [2.05, 4.69) is 47.3 Å². The van der Waals surface area contributed by atoms with Gasteiger partial charge in [0.15, 0.2) is 0 Å². The number of sulfonamides is 3. The Labute approximate surface area is 433 Å². The summed E-state index contributed by atoms with van der Waals surface area (Å²) in [6.45, 7) is 0. The third kappa shape index (κ3) is 14.3. The van der Waals surface area contributed by atoms with Gasteiger partial charge in [0, 0.05) is 0 Å². The molecule has 0 atom stereocenters. The van der Waals surface area contributed by atoms with E-state index in [0.717, 1.165) is 33.4 Å². The number of pyridine rings is 3. The lowest BCUT2D eigenvalue weighted by atomic mass is 10.0. The van der Waals surface area contributed by atoms with Crippen LogP contribution in [0.4, 0.5) is 34.9 Å². The standard InChI is InChI=1S/3C18H14N4O2S/c3*19-12-13-4-6-14(7-5-13)15-8-10-16(11-9-15)25(23,24)22-18-3-1-2-17(20)21-18/h3*1-11H,(H3,20,21,22). The number of benzene rings is 6. The molecule has 0 fully saturated rings. The Hall–Kier alpha value is -10.1. The summed E-state index contributed by atoms with van der Waals surface area (Å²) in [6, 6.07) is 60.9. The summed E-state index contributed by atoms with van der Waals surface area (Å²) in [7, 11) is -11.3. The summed E-state index contributed by atoms with van der Waals surface area (Å²) in [5.41, 5.74) is 23.6. The Kier molecular flexibility index (Phi) is 16.5. The van der Waals surface area contributed by atoms with Gasteiger partial charge in [0.1, 0.15) is 34.9 Å². The van der Waals surface area contributed by atoms with Crippen LogP contribution >= 0.6 is 0 Å². The first-order valence-electron chi connectivity index (χ1n) is 22.0. The molecule has 3 aromatic heterocycles. The molecule has 9 rings (SSSR count). The smallest absolute Gasteiger partial charge is 0.263 e. The molecule has 9 aromatic rings. The van der Waals surface area contributed by atoms with Crippen LogP contribution in [-0.2, 0) is 30.1 Å². The van der Waals surface area contributed by atoms with Crippen molar-refractivity contribution in [2.45, 2.75) is 14.7 Å². The number of nitrogens with zero attached hydrogens (tertiary/aromatic N) is 6. The molecule has 0 aliphatic rings. The van der Waals surface area contributed by atoms with Gasteiger partial charge in [0.2, 0.25) is 0 Å². The third-order valence-electron chi connectivity index (χ3n) is 10.6. The predicted molar refractivity (Wildman–Crippen MR) is 288 cm³/mol. The fourth-order valence-electron chi connectivity index (χ4n) is 6.81. The normalized spacial score (nSPS) is 10.8. The minimum atomic E-state index is -3.75. The SMILES string of the molecule is N#Cc1ccc(-c2ccc(S(=O)(=O)Nc3cccc(N)n3)cc2)cc1.N#Cc1ccc(-c2ccc(S(=O)(=O)Nc3cccc(N)n3)cc2)cc1.N#Cc1ccc(-c2ccc(S(=O)(=O)Nc3cccc(N)n3)cc2)cc1. The summed E-state index contributed by atoms with van der Waals surface area (Å²) < 4.78 is 81.7. The van der Waals surface area contributed by atoms with E-state index < -0.39 is 30.1 Å². The second-order valence-electron chi connectivity index (χ2n) is 15.8. The number of anilines is 6. The van der Waals surface area contributed by atoms with Crippen molar-refractivity contribution >= 4 is 65.0 Å². The molecule has 9 N–H and O–H groups in total. The second kappa shape index (κ2) is 23.4. The maximum Gasteiger partial charge on any atom is 0.263 e. The van der Waals surface area contributed by atoms with Gasteiger partial charge in [-0.25, -0.2) is 40.2 Å². The molecule has 0 amide bonds. The van der Waals surface area contributed by atoms with Gasteiger partial charge in [-0.05, 0) is 143 Å². The lowest BCUT2D eigenvalue weighted by Gasteiger charge is -2.09. The lowest BCUT2D eigenvalue weighted by molar-refractivity contribution is 0.599. The zero-order valence-electron chi connectivity index (χ0n) is 39.1. The van der Waals surface area contributed by atoms with Crippen LogP contribution in [0.25, 0.3) is 33.4 Å². The molecule has 0 radical (unpaired) electrons. The number of nitriles is 3. The van der Waals surface area contributed by atoms with Crippen LogP contribution < -0.4 is 31.4 Å². The fourth-order valence-corrected chi connectivity index (χ4v) is 9.81. The average Bonchev–Trinajstić information content (AvgIpc) is 3.41. The van der Waals surface area contributed by atoms with Crippen LogP contribution in [0.2, 0.25) is 0 Å². The average molecular weight is 1050 g/mol. The van der Waals surface area contributed by atoms with Gasteiger partial charge >= 0.3 is 0 Å². The van der Waals surface area contributed by atoms with Crippen molar-refractivity contribution in [2.75, 3.05) is 31.4 Å². The van der Waals surface area contributed by atoms with E-state index in [1.54, 1.807) is 109 Å². The summed E-state index contributed by atoms with van der Waals surface area (Å²) in [5.74, 6) is 1.19. The number of rotatable bonds is 12. The monoisotopic (exact) mass is 1050 g/mol. The molecule has 0 bridgehead atoms. The highest BCUT2D eigenvalue weighted by Gasteiger charge is 2.18. The predicted octanol–water partition coefficient (Wildman–Crippen LogP) is 9.01. The van der Waals surface area contributed by atoms with E-state index in [0.29, 0.717) is 16.7 Å². The highest BCUT2D eigenvalue weighted by Crippen LogP contribution is 2.26. The lowest BCUT2D eigenvalue weighted by Crippen LogP contribution is -2.14. The number of hydrogen-bond donors (Lipinski definition) is 6. The Morgan fingerprint density at radius 3 is 0.693 bits per heavy atom. The van der Waals surface area contributed by atoms with Gasteiger partial charge in [0.25, 0.3) is 30.1 Å². The van der Waals surface area contributed by atoms with E-state index in [1.165, 1.54) is 54.6 Å². The van der Waals surface area contributed by atoms with Crippen molar-refractivity contribution in [3.05, 3.63) is 217 Å². The summed E-state index contributed by atoms with van der Waals surface area (Å²) in [5, 5.41) is 26.5. The molecule has 372 valence electrons. The van der Waals surface area contributed by atoms with Crippen LogP contribution in [0, 0.1) is 34.0 Å². The maximum atomic E-state index is 12.4. The molecule has 0 saturated carbocycles. The Balaban J connectivity index is 0.000000164. The first-order valence-corrected chi connectivity index (χ1v) is 26.5. The van der Waals surface area contributed by atoms with Crippen molar-refractivity contribution < 1.29 is 25.3 Å². The molecule has 0 spiro atoms. The van der Waals surface area contributed by atoms with E-state index >= 15 is 0 Å². The first-order chi connectivity index (χ1) is 35.9. The molecular formula is C54H42N12O6S3. The van der Waals surface area contributed by atoms with Crippen molar-refractivity contribution in [2.24, 2.45) is 0 Å². The van der Waals surface area contributed by atoms with Crippen LogP contribution in [-0.4, -0.2) is 40.2 Å². The Bertz CT molecular complexity index is 3530. The van der Waals surface area contributed by atoms with Crippen molar-refractivity contribution in [3.63, 3.8) is 0 Å². The van der Waals surface area contributed by atoms with Crippen molar-refractivity contribution in [1.29, 1.82) is 15.8 Å². The van der Waals surface area contributed by atoms with Gasteiger partial charge in [-0.3, -0.25) is 14.2 Å². The zero-order chi connectivity index (χ0) is 53.6. The van der Waals surface area contributed by atoms with E-state index in [1.807, 2.05) is 36.4 Å². The minimum Gasteiger partial charge on any atom is -0.384 e. The number of nitrogen functional groups attached to an aromatic ring is 3. The van der Waals surface area contributed by atoms with E-state index in [9.17, 15) is 25.3 Å². The highest BCUT2D eigenvalue weighted by atomic mass is 32.2. The molecule has 75 heavy (non-hydrogen) atoms. The molecule has 0 aliphatic heterocycles. The van der Waals surface area contributed by atoms with Crippen LogP contribution in [0.5, 0.6) is 0 Å². The Morgan fingerprint density at radius 1 is 0.307 bits per heavy atom. The quantitative estimate of drug-likeness (QED) is 0.0665. The molecule has 3 heterocycles. The second-order valence-corrected chi connectivity index (χ2v) is 20.8. The van der Waals surface area contributed by atoms with Gasteiger partial charge in [-0.1, -0.05) is 91.0 Å². The molecule has 0 saturated heterocycles. The summed E-state index contributed by atoms with van der Waals surface area (Å²) >= 11 is 0. The topological polar surface area (TPSA) is 327 Å². The molecule has 0 aliphatic carbocycles. The van der Waals surface area contributed by atoms with Crippen LogP contribution in [0.15, 0.2) is 215 Å². The number of nitrogens with one attached hydrogen (secondary N) is 3. The minimum absolute atomic E-state index is 0.120. The van der Waals surface area contributed by atoms with Gasteiger partial charge in [0.05, 0.1) is 49.6 Å². The van der Waals surface area contributed by atoms with Gasteiger partial charge < -0.3 is 17.2 Å².